The summed E-state index contributed by atoms with van der Waals surface area (Å²) in [6.45, 7) is 11.3. The Kier molecular flexibility index (Phi) is 4.83. The largest absolute Gasteiger partial charge is 1.00 e. The number of halogens is 1. The van der Waals surface area contributed by atoms with Gasteiger partial charge in [0.2, 0.25) is 5.84 Å². The van der Waals surface area contributed by atoms with Gasteiger partial charge in [-0.05, 0) is 13.8 Å². The number of hydrogen-bond donors (Lipinski definition) is 1. The van der Waals surface area contributed by atoms with Crippen molar-refractivity contribution in [2.24, 2.45) is 5.92 Å². The van der Waals surface area contributed by atoms with E-state index in [1.54, 1.807) is 0 Å². The highest BCUT2D eigenvalue weighted by Gasteiger charge is 2.24. The van der Waals surface area contributed by atoms with Crippen molar-refractivity contribution in [3.05, 3.63) is 0 Å². The van der Waals surface area contributed by atoms with Crippen LogP contribution in [0.2, 0.25) is 0 Å². The Morgan fingerprint density at radius 2 is 1.83 bits per heavy atom. The van der Waals surface area contributed by atoms with Crippen LogP contribution in [0.25, 0.3) is 0 Å². The summed E-state index contributed by atoms with van der Waals surface area (Å²) in [4.78, 5) is 0. The van der Waals surface area contributed by atoms with E-state index in [0.717, 1.165) is 6.54 Å². The predicted molar refractivity (Wildman–Crippen MR) is 48.1 cm³/mol. The summed E-state index contributed by atoms with van der Waals surface area (Å²) in [6, 6.07) is 0.641. The molecule has 0 radical (unpaired) electrons. The van der Waals surface area contributed by atoms with Crippen LogP contribution in [0.5, 0.6) is 0 Å². The van der Waals surface area contributed by atoms with Crippen LogP contribution in [0, 0.1) is 5.92 Å². The molecule has 1 N–H and O–H groups in total. The molecule has 0 saturated heterocycles. The molecule has 2 nitrogen and oxygen atoms in total. The molecule has 0 aliphatic carbocycles. The topological polar surface area (TPSA) is 15.0 Å². The van der Waals surface area contributed by atoms with Gasteiger partial charge in [0.25, 0.3) is 0 Å². The Morgan fingerprint density at radius 3 is 2.17 bits per heavy atom. The van der Waals surface area contributed by atoms with Gasteiger partial charge < -0.3 is 17.0 Å². The van der Waals surface area contributed by atoms with Crippen LogP contribution >= 0.6 is 0 Å². The smallest absolute Gasteiger partial charge is 0.247 e. The van der Waals surface area contributed by atoms with Gasteiger partial charge >= 0.3 is 0 Å². The average molecular weight is 235 g/mol. The van der Waals surface area contributed by atoms with E-state index in [2.05, 4.69) is 37.6 Å². The van der Waals surface area contributed by atoms with E-state index in [9.17, 15) is 0 Å². The van der Waals surface area contributed by atoms with Crippen molar-refractivity contribution in [2.75, 3.05) is 13.1 Å². The maximum absolute atomic E-state index is 3.43. The number of nitrogens with zero attached hydrogens (tertiary/aromatic N) is 1. The zero-order valence-corrected chi connectivity index (χ0v) is 9.98. The van der Waals surface area contributed by atoms with Crippen LogP contribution in [0.4, 0.5) is 0 Å². The third-order valence-corrected chi connectivity index (χ3v) is 2.14. The van der Waals surface area contributed by atoms with Gasteiger partial charge in [-0.15, -0.1) is 0 Å². The lowest BCUT2D eigenvalue weighted by molar-refractivity contribution is -0.551. The molecular formula is C9H19BrN2. The first-order chi connectivity index (χ1) is 5.13. The molecule has 72 valence electrons. The Morgan fingerprint density at radius 1 is 1.25 bits per heavy atom. The van der Waals surface area contributed by atoms with Gasteiger partial charge in [0.1, 0.15) is 13.1 Å². The van der Waals surface area contributed by atoms with Crippen LogP contribution in [-0.2, 0) is 0 Å². The summed E-state index contributed by atoms with van der Waals surface area (Å²) in [6.07, 6.45) is 0. The Balaban J connectivity index is 0.00000121. The zero-order valence-electron chi connectivity index (χ0n) is 8.39. The fraction of sp³-hybridized carbons (Fsp3) is 0.889. The summed E-state index contributed by atoms with van der Waals surface area (Å²) in [7, 11) is 0. The molecule has 0 atom stereocenters. The van der Waals surface area contributed by atoms with Crippen molar-refractivity contribution < 1.29 is 21.6 Å². The standard InChI is InChI=1S/C9H18N2.BrH/c1-7(2)9-10-5-6-11(9)8(3)4;/h7-8H,5-6H2,1-4H3;1H. The molecule has 0 fully saturated rings. The van der Waals surface area contributed by atoms with Gasteiger partial charge in [-0.1, -0.05) is 13.8 Å². The lowest BCUT2D eigenvalue weighted by Gasteiger charge is -2.09. The second-order valence-electron chi connectivity index (χ2n) is 3.75. The molecule has 0 saturated carbocycles. The Labute approximate surface area is 85.8 Å². The summed E-state index contributed by atoms with van der Waals surface area (Å²) in [5.41, 5.74) is 0. The first-order valence-corrected chi connectivity index (χ1v) is 4.50. The second-order valence-corrected chi connectivity index (χ2v) is 3.75. The van der Waals surface area contributed by atoms with E-state index in [-0.39, 0.29) is 17.0 Å². The highest BCUT2D eigenvalue weighted by atomic mass is 79.9. The second kappa shape index (κ2) is 4.85. The average Bonchev–Trinajstić information content (AvgIpc) is 2.32. The van der Waals surface area contributed by atoms with Gasteiger partial charge in [0, 0.05) is 0 Å². The molecule has 0 amide bonds. The van der Waals surface area contributed by atoms with Crippen molar-refractivity contribution in [3.63, 3.8) is 0 Å². The fourth-order valence-corrected chi connectivity index (χ4v) is 1.60. The summed E-state index contributed by atoms with van der Waals surface area (Å²) >= 11 is 0. The molecule has 0 aromatic rings. The lowest BCUT2D eigenvalue weighted by Crippen LogP contribution is -3.00. The van der Waals surface area contributed by atoms with E-state index in [1.165, 1.54) is 12.4 Å². The normalized spacial score (nSPS) is 16.8. The van der Waals surface area contributed by atoms with Crippen molar-refractivity contribution in [1.82, 2.24) is 5.32 Å². The number of hydrogen-bond acceptors (Lipinski definition) is 1. The number of nitrogens with one attached hydrogen (secondary N) is 1. The van der Waals surface area contributed by atoms with Crippen LogP contribution in [0.1, 0.15) is 27.7 Å². The van der Waals surface area contributed by atoms with E-state index >= 15 is 0 Å². The highest BCUT2D eigenvalue weighted by Crippen LogP contribution is 2.02. The fourth-order valence-electron chi connectivity index (χ4n) is 1.60. The number of rotatable bonds is 2. The lowest BCUT2D eigenvalue weighted by atomic mass is 10.2. The molecule has 0 aromatic carbocycles. The van der Waals surface area contributed by atoms with Crippen molar-refractivity contribution in [1.29, 1.82) is 0 Å². The maximum Gasteiger partial charge on any atom is 0.247 e. The van der Waals surface area contributed by atoms with Crippen LogP contribution in [-0.4, -0.2) is 29.5 Å². The van der Waals surface area contributed by atoms with Crippen LogP contribution in [0.15, 0.2) is 0 Å². The van der Waals surface area contributed by atoms with Crippen molar-refractivity contribution in [3.8, 4) is 0 Å². The predicted octanol–water partition coefficient (Wildman–Crippen LogP) is -1.93. The van der Waals surface area contributed by atoms with E-state index in [1.807, 2.05) is 0 Å². The molecule has 0 bridgehead atoms. The third kappa shape index (κ3) is 2.47. The minimum Gasteiger partial charge on any atom is -1.00 e. The van der Waals surface area contributed by atoms with Gasteiger partial charge in [0.05, 0.1) is 12.0 Å². The first kappa shape index (κ1) is 11.9. The number of amidine groups is 1. The van der Waals surface area contributed by atoms with Crippen LogP contribution in [0.3, 0.4) is 0 Å². The van der Waals surface area contributed by atoms with Gasteiger partial charge in [0.15, 0.2) is 0 Å². The van der Waals surface area contributed by atoms with Gasteiger partial charge in [-0.3, -0.25) is 9.89 Å². The molecule has 1 rings (SSSR count). The van der Waals surface area contributed by atoms with Crippen molar-refractivity contribution in [2.45, 2.75) is 33.7 Å². The SMILES string of the molecule is CC(C)C1=[N+](C(C)C)CCN1.[Br-]. The van der Waals surface area contributed by atoms with Crippen LogP contribution < -0.4 is 22.3 Å². The van der Waals surface area contributed by atoms with E-state index < -0.39 is 0 Å². The first-order valence-electron chi connectivity index (χ1n) is 4.50. The minimum atomic E-state index is 0. The summed E-state index contributed by atoms with van der Waals surface area (Å²) in [5.74, 6) is 2.06. The summed E-state index contributed by atoms with van der Waals surface area (Å²) < 4.78 is 2.45. The molecule has 0 aromatic heterocycles. The van der Waals surface area contributed by atoms with E-state index in [4.69, 9.17) is 0 Å². The highest BCUT2D eigenvalue weighted by molar-refractivity contribution is 5.80. The Hall–Kier alpha value is -0.0500. The van der Waals surface area contributed by atoms with Crippen molar-refractivity contribution >= 4 is 5.84 Å². The molecule has 3 heteroatoms. The van der Waals surface area contributed by atoms with Gasteiger partial charge in [-0.25, -0.2) is 0 Å². The third-order valence-electron chi connectivity index (χ3n) is 2.14. The molecular weight excluding hydrogens is 216 g/mol. The molecule has 0 unspecified atom stereocenters. The molecule has 1 aliphatic rings. The zero-order chi connectivity index (χ0) is 8.43. The Bertz CT molecular complexity index is 155. The minimum absolute atomic E-state index is 0. The molecule has 1 aliphatic heterocycles. The maximum atomic E-state index is 3.43. The molecule has 12 heavy (non-hydrogen) atoms. The van der Waals surface area contributed by atoms with Gasteiger partial charge in [-0.2, -0.15) is 0 Å². The summed E-state index contributed by atoms with van der Waals surface area (Å²) in [5, 5.41) is 3.43. The molecule has 0 spiro atoms. The molecule has 1 heterocycles. The van der Waals surface area contributed by atoms with E-state index in [0.29, 0.717) is 12.0 Å². The monoisotopic (exact) mass is 234 g/mol. The quantitative estimate of drug-likeness (QED) is 0.551.